The highest BCUT2D eigenvalue weighted by Gasteiger charge is 2.39. The first-order valence-electron chi connectivity index (χ1n) is 10.3. The summed E-state index contributed by atoms with van der Waals surface area (Å²) < 4.78 is 16.3. The number of fused-ring (bicyclic) bond motifs is 1. The summed E-state index contributed by atoms with van der Waals surface area (Å²) in [5.74, 6) is -0.347. The van der Waals surface area contributed by atoms with Gasteiger partial charge in [-0.2, -0.15) is 0 Å². The second kappa shape index (κ2) is 8.88. The Labute approximate surface area is 176 Å². The molecule has 158 valence electrons. The van der Waals surface area contributed by atoms with Crippen molar-refractivity contribution < 1.29 is 23.8 Å². The van der Waals surface area contributed by atoms with E-state index in [2.05, 4.69) is 17.0 Å². The zero-order valence-electron chi connectivity index (χ0n) is 17.4. The zero-order valence-corrected chi connectivity index (χ0v) is 17.4. The Balaban J connectivity index is 1.33. The standard InChI is InChI=1S/C24H27NO5/c1-28-21-13-17-12-20(23(26)19(17)14-22(21)29-2)24(27)30-18-8-10-25(11-9-18)15-16-6-4-3-5-7-16/h3-7,13-14,18,20H,8-12,15H2,1-2H3. The van der Waals surface area contributed by atoms with Crippen molar-refractivity contribution in [3.8, 4) is 11.5 Å². The lowest BCUT2D eigenvalue weighted by molar-refractivity contribution is -0.154. The van der Waals surface area contributed by atoms with Gasteiger partial charge in [0.25, 0.3) is 0 Å². The Morgan fingerprint density at radius 2 is 1.70 bits per heavy atom. The van der Waals surface area contributed by atoms with E-state index in [9.17, 15) is 9.59 Å². The number of rotatable bonds is 6. The van der Waals surface area contributed by atoms with E-state index in [0.29, 0.717) is 23.5 Å². The molecule has 1 aliphatic carbocycles. The SMILES string of the molecule is COc1cc2c(cc1OC)C(=O)C(C(=O)OC1CCN(Cc3ccccc3)CC1)C2. The molecular weight excluding hydrogens is 382 g/mol. The number of likely N-dealkylation sites (tertiary alicyclic amines) is 1. The molecule has 30 heavy (non-hydrogen) atoms. The lowest BCUT2D eigenvalue weighted by Crippen LogP contribution is -2.38. The number of ether oxygens (including phenoxy) is 3. The Morgan fingerprint density at radius 1 is 1.03 bits per heavy atom. The van der Waals surface area contributed by atoms with E-state index in [1.807, 2.05) is 18.2 Å². The Bertz CT molecular complexity index is 919. The second-order valence-electron chi connectivity index (χ2n) is 7.88. The quantitative estimate of drug-likeness (QED) is 0.539. The topological polar surface area (TPSA) is 65.1 Å². The van der Waals surface area contributed by atoms with Crippen LogP contribution in [0.3, 0.4) is 0 Å². The number of benzene rings is 2. The molecule has 6 heteroatoms. The van der Waals surface area contributed by atoms with E-state index < -0.39 is 11.9 Å². The fourth-order valence-corrected chi connectivity index (χ4v) is 4.28. The summed E-state index contributed by atoms with van der Waals surface area (Å²) >= 11 is 0. The number of piperidine rings is 1. The highest BCUT2D eigenvalue weighted by Crippen LogP contribution is 2.37. The number of carbonyl (C=O) groups excluding carboxylic acids is 2. The molecule has 0 radical (unpaired) electrons. The molecule has 2 aromatic carbocycles. The highest BCUT2D eigenvalue weighted by atomic mass is 16.5. The van der Waals surface area contributed by atoms with Gasteiger partial charge in [-0.3, -0.25) is 14.5 Å². The van der Waals surface area contributed by atoms with Crippen LogP contribution in [0.25, 0.3) is 0 Å². The molecule has 6 nitrogen and oxygen atoms in total. The minimum atomic E-state index is -0.779. The van der Waals surface area contributed by atoms with E-state index in [0.717, 1.165) is 38.0 Å². The van der Waals surface area contributed by atoms with Crippen LogP contribution < -0.4 is 9.47 Å². The fraction of sp³-hybridized carbons (Fsp3) is 0.417. The number of ketones is 1. The van der Waals surface area contributed by atoms with Gasteiger partial charge in [-0.15, -0.1) is 0 Å². The molecular formula is C24H27NO5. The average Bonchev–Trinajstić information content (AvgIpc) is 3.10. The van der Waals surface area contributed by atoms with Gasteiger partial charge in [-0.1, -0.05) is 30.3 Å². The van der Waals surface area contributed by atoms with Crippen molar-refractivity contribution in [1.29, 1.82) is 0 Å². The van der Waals surface area contributed by atoms with Gasteiger partial charge >= 0.3 is 5.97 Å². The summed E-state index contributed by atoms with van der Waals surface area (Å²) in [6.45, 7) is 2.65. The molecule has 1 fully saturated rings. The first-order valence-corrected chi connectivity index (χ1v) is 10.3. The molecule has 4 rings (SSSR count). The van der Waals surface area contributed by atoms with Crippen LogP contribution in [0.5, 0.6) is 11.5 Å². The Hall–Kier alpha value is -2.86. The van der Waals surface area contributed by atoms with Crippen molar-refractivity contribution >= 4 is 11.8 Å². The van der Waals surface area contributed by atoms with Gasteiger partial charge in [0.2, 0.25) is 0 Å². The molecule has 0 N–H and O–H groups in total. The number of methoxy groups -OCH3 is 2. The number of nitrogens with zero attached hydrogens (tertiary/aromatic N) is 1. The average molecular weight is 409 g/mol. The van der Waals surface area contributed by atoms with E-state index in [4.69, 9.17) is 14.2 Å². The van der Waals surface area contributed by atoms with Gasteiger partial charge in [-0.25, -0.2) is 0 Å². The molecule has 2 aromatic rings. The molecule has 1 unspecified atom stereocenters. The normalized spacial score (nSPS) is 19.4. The number of esters is 1. The lowest BCUT2D eigenvalue weighted by Gasteiger charge is -2.32. The molecule has 1 atom stereocenters. The Morgan fingerprint density at radius 3 is 2.37 bits per heavy atom. The van der Waals surface area contributed by atoms with Crippen molar-refractivity contribution in [1.82, 2.24) is 4.90 Å². The van der Waals surface area contributed by atoms with Crippen molar-refractivity contribution in [2.45, 2.75) is 31.9 Å². The maximum atomic E-state index is 12.8. The first-order chi connectivity index (χ1) is 14.6. The zero-order chi connectivity index (χ0) is 21.1. The summed E-state index contributed by atoms with van der Waals surface area (Å²) in [6.07, 6.45) is 1.78. The fourth-order valence-electron chi connectivity index (χ4n) is 4.28. The number of hydrogen-bond donors (Lipinski definition) is 0. The second-order valence-corrected chi connectivity index (χ2v) is 7.88. The molecule has 0 spiro atoms. The smallest absolute Gasteiger partial charge is 0.317 e. The molecule has 0 bridgehead atoms. The van der Waals surface area contributed by atoms with Crippen LogP contribution in [-0.4, -0.2) is 50.1 Å². The summed E-state index contributed by atoms with van der Waals surface area (Å²) in [5.41, 5.74) is 2.61. The van der Waals surface area contributed by atoms with E-state index in [-0.39, 0.29) is 11.9 Å². The summed E-state index contributed by atoms with van der Waals surface area (Å²) in [4.78, 5) is 27.9. The summed E-state index contributed by atoms with van der Waals surface area (Å²) in [7, 11) is 3.08. The van der Waals surface area contributed by atoms with Crippen LogP contribution in [0.15, 0.2) is 42.5 Å². The molecule has 0 amide bonds. The van der Waals surface area contributed by atoms with E-state index in [1.54, 1.807) is 19.2 Å². The molecule has 1 aliphatic heterocycles. The van der Waals surface area contributed by atoms with Gasteiger partial charge < -0.3 is 14.2 Å². The minimum absolute atomic E-state index is 0.134. The largest absolute Gasteiger partial charge is 0.493 e. The van der Waals surface area contributed by atoms with Gasteiger partial charge in [-0.05, 0) is 42.5 Å². The minimum Gasteiger partial charge on any atom is -0.493 e. The van der Waals surface area contributed by atoms with Gasteiger partial charge in [0, 0.05) is 25.2 Å². The van der Waals surface area contributed by atoms with Gasteiger partial charge in [0.15, 0.2) is 17.3 Å². The molecule has 0 aromatic heterocycles. The maximum absolute atomic E-state index is 12.8. The monoisotopic (exact) mass is 409 g/mol. The third-order valence-electron chi connectivity index (χ3n) is 5.97. The third kappa shape index (κ3) is 4.19. The Kier molecular flexibility index (Phi) is 6.04. The summed E-state index contributed by atoms with van der Waals surface area (Å²) in [5, 5.41) is 0. The van der Waals surface area contributed by atoms with Crippen molar-refractivity contribution in [2.24, 2.45) is 5.92 Å². The van der Waals surface area contributed by atoms with Crippen LogP contribution in [0.2, 0.25) is 0 Å². The predicted octanol–water partition coefficient (Wildman–Crippen LogP) is 3.27. The first kappa shape index (κ1) is 20.4. The van der Waals surface area contributed by atoms with Crippen LogP contribution >= 0.6 is 0 Å². The van der Waals surface area contributed by atoms with Crippen molar-refractivity contribution in [2.75, 3.05) is 27.3 Å². The number of carbonyl (C=O) groups is 2. The van der Waals surface area contributed by atoms with E-state index in [1.165, 1.54) is 12.7 Å². The van der Waals surface area contributed by atoms with Gasteiger partial charge in [0.1, 0.15) is 12.0 Å². The van der Waals surface area contributed by atoms with Crippen LogP contribution in [0.4, 0.5) is 0 Å². The maximum Gasteiger partial charge on any atom is 0.317 e. The molecule has 2 aliphatic rings. The van der Waals surface area contributed by atoms with Crippen LogP contribution in [0, 0.1) is 5.92 Å². The third-order valence-corrected chi connectivity index (χ3v) is 5.97. The predicted molar refractivity (Wildman–Crippen MR) is 112 cm³/mol. The van der Waals surface area contributed by atoms with E-state index >= 15 is 0 Å². The van der Waals surface area contributed by atoms with Crippen LogP contribution in [0.1, 0.15) is 34.3 Å². The molecule has 1 saturated heterocycles. The number of Topliss-reactive ketones (excluding diaryl/α,β-unsaturated/α-hetero) is 1. The molecule has 1 heterocycles. The molecule has 0 saturated carbocycles. The van der Waals surface area contributed by atoms with Crippen molar-refractivity contribution in [3.05, 3.63) is 59.2 Å². The summed E-state index contributed by atoms with van der Waals surface area (Å²) in [6, 6.07) is 13.8. The van der Waals surface area contributed by atoms with Crippen molar-refractivity contribution in [3.63, 3.8) is 0 Å². The highest BCUT2D eigenvalue weighted by molar-refractivity contribution is 6.12. The lowest BCUT2D eigenvalue weighted by atomic mass is 10.0. The number of hydrogen-bond acceptors (Lipinski definition) is 6. The van der Waals surface area contributed by atoms with Gasteiger partial charge in [0.05, 0.1) is 14.2 Å². The van der Waals surface area contributed by atoms with Crippen LogP contribution in [-0.2, 0) is 22.5 Å².